The summed E-state index contributed by atoms with van der Waals surface area (Å²) < 4.78 is 5.26. The van der Waals surface area contributed by atoms with E-state index in [1.54, 1.807) is 7.11 Å². The molecule has 0 radical (unpaired) electrons. The molecule has 150 valence electrons. The molecule has 5 nitrogen and oxygen atoms in total. The molecule has 6 heteroatoms. The zero-order valence-corrected chi connectivity index (χ0v) is 21.3. The van der Waals surface area contributed by atoms with Crippen LogP contribution < -0.4 is 61.2 Å². The van der Waals surface area contributed by atoms with Gasteiger partial charge in [0.25, 0.3) is 0 Å². The van der Waals surface area contributed by atoms with E-state index in [2.05, 4.69) is 18.7 Å². The topological polar surface area (TPSA) is 76.0 Å². The fraction of sp³-hybridized carbons (Fsp3) is 0.714. The minimum atomic E-state index is -0.241. The number of phenols is 1. The first kappa shape index (κ1) is 27.3. The summed E-state index contributed by atoms with van der Waals surface area (Å²) in [6, 6.07) is 4.03. The van der Waals surface area contributed by atoms with E-state index in [-0.39, 0.29) is 69.3 Å². The third-order valence-corrected chi connectivity index (χ3v) is 5.16. The zero-order valence-electron chi connectivity index (χ0n) is 18.2. The maximum Gasteiger partial charge on any atom is 1.00 e. The van der Waals surface area contributed by atoms with Crippen LogP contribution in [0.25, 0.3) is 0 Å². The number of benzene rings is 1. The van der Waals surface area contributed by atoms with Crippen molar-refractivity contribution in [3.05, 3.63) is 23.3 Å². The average molecular weight is 406 g/mol. The molecule has 0 spiro atoms. The van der Waals surface area contributed by atoms with Crippen LogP contribution in [0.4, 0.5) is 0 Å². The molecule has 1 saturated heterocycles. The molecule has 2 aliphatic rings. The normalized spacial score (nSPS) is 23.5. The number of aromatic hydroxyl groups is 1. The molecule has 2 heterocycles. The second-order valence-electron chi connectivity index (χ2n) is 7.18. The van der Waals surface area contributed by atoms with Gasteiger partial charge < -0.3 is 20.1 Å². The molecular formula is C21H36KNO4. The van der Waals surface area contributed by atoms with Crippen molar-refractivity contribution in [1.29, 1.82) is 0 Å². The van der Waals surface area contributed by atoms with Crippen molar-refractivity contribution in [2.75, 3.05) is 27.3 Å². The molecule has 2 N–H and O–H groups in total. The van der Waals surface area contributed by atoms with Crippen LogP contribution in [0.15, 0.2) is 12.1 Å². The van der Waals surface area contributed by atoms with Crippen LogP contribution in [0, 0.1) is 11.8 Å². The SMILES string of the molecule is CC.COc1cc2c(cc1O)CCN1CC(CC(C)C)C(O)CC21.C[O-].[K+]. The number of hydrogen-bond acceptors (Lipinski definition) is 5. The quantitative estimate of drug-likeness (QED) is 0.678. The Balaban J connectivity index is 0.00000127. The predicted molar refractivity (Wildman–Crippen MR) is 104 cm³/mol. The van der Waals surface area contributed by atoms with Crippen LogP contribution >= 0.6 is 0 Å². The molecule has 1 aromatic carbocycles. The smallest absolute Gasteiger partial charge is 0.857 e. The summed E-state index contributed by atoms with van der Waals surface area (Å²) in [5.41, 5.74) is 2.40. The molecule has 3 rings (SSSR count). The van der Waals surface area contributed by atoms with Gasteiger partial charge in [0.15, 0.2) is 11.5 Å². The standard InChI is InChI=1S/C18H27NO3.C2H6.CH3O.K/c1-11(2)6-13-10-19-5-4-12-7-17(21)18(22-3)8-14(12)15(19)9-16(13)20;2*1-2;/h7-8,11,13,15-16,20-21H,4-6,9-10H2,1-3H3;1-2H3;1H3;/q;;-1;+1. The number of aliphatic hydroxyl groups is 1. The summed E-state index contributed by atoms with van der Waals surface area (Å²) in [5, 5.41) is 28.8. The van der Waals surface area contributed by atoms with Gasteiger partial charge in [0, 0.05) is 19.1 Å². The molecule has 1 fully saturated rings. The van der Waals surface area contributed by atoms with E-state index in [9.17, 15) is 10.2 Å². The van der Waals surface area contributed by atoms with Crippen LogP contribution in [0.2, 0.25) is 0 Å². The minimum Gasteiger partial charge on any atom is -0.857 e. The number of piperidine rings is 1. The number of phenolic OH excluding ortho intramolecular Hbond substituents is 1. The Labute approximate surface area is 207 Å². The van der Waals surface area contributed by atoms with Gasteiger partial charge in [-0.25, -0.2) is 0 Å². The second-order valence-corrected chi connectivity index (χ2v) is 7.18. The number of fused-ring (bicyclic) bond motifs is 3. The Bertz CT molecular complexity index is 553. The molecule has 27 heavy (non-hydrogen) atoms. The van der Waals surface area contributed by atoms with E-state index < -0.39 is 0 Å². The zero-order chi connectivity index (χ0) is 19.9. The largest absolute Gasteiger partial charge is 1.00 e. The number of aliphatic hydroxyl groups excluding tert-OH is 1. The van der Waals surface area contributed by atoms with E-state index in [0.717, 1.165) is 39.5 Å². The molecule has 2 aliphatic heterocycles. The van der Waals surface area contributed by atoms with E-state index in [0.29, 0.717) is 17.6 Å². The van der Waals surface area contributed by atoms with Crippen molar-refractivity contribution < 1.29 is 71.4 Å². The first-order chi connectivity index (χ1) is 12.5. The maximum absolute atomic E-state index is 10.6. The second kappa shape index (κ2) is 13.5. The molecule has 0 aliphatic carbocycles. The number of hydrogen-bond donors (Lipinski definition) is 2. The first-order valence-corrected chi connectivity index (χ1v) is 9.72. The molecule has 0 bridgehead atoms. The van der Waals surface area contributed by atoms with Gasteiger partial charge in [-0.15, -0.1) is 0 Å². The van der Waals surface area contributed by atoms with E-state index in [1.165, 1.54) is 11.1 Å². The summed E-state index contributed by atoms with van der Waals surface area (Å²) in [5.74, 6) is 1.73. The third-order valence-electron chi connectivity index (χ3n) is 5.16. The van der Waals surface area contributed by atoms with E-state index in [1.807, 2.05) is 26.0 Å². The van der Waals surface area contributed by atoms with Crippen molar-refractivity contribution in [2.24, 2.45) is 11.8 Å². The van der Waals surface area contributed by atoms with Crippen molar-refractivity contribution in [3.8, 4) is 11.5 Å². The fourth-order valence-corrected chi connectivity index (χ4v) is 4.11. The van der Waals surface area contributed by atoms with Gasteiger partial charge in [0.1, 0.15) is 0 Å². The predicted octanol–water partition coefficient (Wildman–Crippen LogP) is -0.266. The summed E-state index contributed by atoms with van der Waals surface area (Å²) >= 11 is 0. The summed E-state index contributed by atoms with van der Waals surface area (Å²) in [6.45, 7) is 10.4. The van der Waals surface area contributed by atoms with Gasteiger partial charge in [-0.1, -0.05) is 27.7 Å². The Morgan fingerprint density at radius 2 is 1.89 bits per heavy atom. The van der Waals surface area contributed by atoms with E-state index >= 15 is 0 Å². The maximum atomic E-state index is 10.6. The molecule has 3 atom stereocenters. The average Bonchev–Trinajstić information content (AvgIpc) is 2.65. The fourth-order valence-electron chi connectivity index (χ4n) is 4.11. The monoisotopic (exact) mass is 405 g/mol. The van der Waals surface area contributed by atoms with Crippen LogP contribution in [-0.2, 0) is 6.42 Å². The van der Waals surface area contributed by atoms with Gasteiger partial charge >= 0.3 is 51.4 Å². The van der Waals surface area contributed by atoms with Crippen LogP contribution in [0.3, 0.4) is 0 Å². The van der Waals surface area contributed by atoms with Crippen LogP contribution in [-0.4, -0.2) is 48.5 Å². The first-order valence-electron chi connectivity index (χ1n) is 9.72. The molecule has 0 amide bonds. The number of rotatable bonds is 3. The van der Waals surface area contributed by atoms with E-state index in [4.69, 9.17) is 9.84 Å². The molecule has 1 aromatic rings. The van der Waals surface area contributed by atoms with Gasteiger partial charge in [-0.05, 0) is 54.4 Å². The number of ether oxygens (including phenoxy) is 1. The Morgan fingerprint density at radius 1 is 1.26 bits per heavy atom. The van der Waals surface area contributed by atoms with Gasteiger partial charge in [-0.2, -0.15) is 7.11 Å². The van der Waals surface area contributed by atoms with Crippen molar-refractivity contribution >= 4 is 0 Å². The summed E-state index contributed by atoms with van der Waals surface area (Å²) in [6.07, 6.45) is 2.57. The molecule has 0 saturated carbocycles. The molecule has 3 unspecified atom stereocenters. The van der Waals surface area contributed by atoms with Crippen LogP contribution in [0.1, 0.15) is 57.7 Å². The molecular weight excluding hydrogens is 369 g/mol. The summed E-state index contributed by atoms with van der Waals surface area (Å²) in [4.78, 5) is 2.50. The van der Waals surface area contributed by atoms with Gasteiger partial charge in [0.2, 0.25) is 0 Å². The minimum absolute atomic E-state index is 0. The Hall–Kier alpha value is 0.336. The third kappa shape index (κ3) is 6.96. The van der Waals surface area contributed by atoms with Crippen molar-refractivity contribution in [2.45, 2.75) is 59.1 Å². The van der Waals surface area contributed by atoms with Crippen LogP contribution in [0.5, 0.6) is 11.5 Å². The Kier molecular flexibility index (Phi) is 13.7. The van der Waals surface area contributed by atoms with Crippen molar-refractivity contribution in [1.82, 2.24) is 4.90 Å². The molecule has 0 aromatic heterocycles. The number of nitrogens with zero attached hydrogens (tertiary/aromatic N) is 1. The van der Waals surface area contributed by atoms with Gasteiger partial charge in [-0.3, -0.25) is 4.90 Å². The summed E-state index contributed by atoms with van der Waals surface area (Å²) in [7, 11) is 2.33. The number of methoxy groups -OCH3 is 1. The van der Waals surface area contributed by atoms with Crippen molar-refractivity contribution in [3.63, 3.8) is 0 Å². The van der Waals surface area contributed by atoms with Gasteiger partial charge in [0.05, 0.1) is 13.2 Å². The Morgan fingerprint density at radius 3 is 2.44 bits per heavy atom.